The van der Waals surface area contributed by atoms with E-state index in [1.54, 1.807) is 0 Å². The third-order valence-electron chi connectivity index (χ3n) is 2.71. The number of sulfonamides is 1. The first kappa shape index (κ1) is 20.6. The van der Waals surface area contributed by atoms with Gasteiger partial charge >= 0.3 is 5.97 Å². The lowest BCUT2D eigenvalue weighted by Gasteiger charge is -2.10. The summed E-state index contributed by atoms with van der Waals surface area (Å²) in [4.78, 5) is 22.8. The number of rotatable bonds is 7. The maximum atomic E-state index is 12.2. The SMILES string of the molecule is O=C(COC(=O)CNS(=O)(=O)c1c(Cl)cc(Br)cc1Cl)Nc1ccon1. The minimum absolute atomic E-state index is 0.128. The van der Waals surface area contributed by atoms with Gasteiger partial charge in [-0.25, -0.2) is 8.42 Å². The Morgan fingerprint density at radius 2 is 1.92 bits per heavy atom. The topological polar surface area (TPSA) is 128 Å². The van der Waals surface area contributed by atoms with Crippen molar-refractivity contribution in [2.24, 2.45) is 0 Å². The Kier molecular flexibility index (Phi) is 7.01. The number of carbonyl (C=O) groups is 2. The summed E-state index contributed by atoms with van der Waals surface area (Å²) >= 11 is 14.9. The fourth-order valence-electron chi connectivity index (χ4n) is 1.66. The highest BCUT2D eigenvalue weighted by Crippen LogP contribution is 2.32. The van der Waals surface area contributed by atoms with Crippen LogP contribution in [0.25, 0.3) is 0 Å². The molecule has 1 amide bonds. The molecule has 0 bridgehead atoms. The Hall–Kier alpha value is -1.66. The third-order valence-corrected chi connectivity index (χ3v) is 5.49. The number of aromatic nitrogens is 1. The second kappa shape index (κ2) is 8.82. The van der Waals surface area contributed by atoms with Gasteiger partial charge in [0.15, 0.2) is 12.4 Å². The molecule has 1 aromatic heterocycles. The Balaban J connectivity index is 1.89. The molecule has 0 fully saturated rings. The first-order chi connectivity index (χ1) is 12.2. The van der Waals surface area contributed by atoms with E-state index in [1.165, 1.54) is 24.5 Å². The van der Waals surface area contributed by atoms with Gasteiger partial charge in [0.25, 0.3) is 5.91 Å². The van der Waals surface area contributed by atoms with E-state index >= 15 is 0 Å². The quantitative estimate of drug-likeness (QED) is 0.574. The minimum Gasteiger partial charge on any atom is -0.455 e. The van der Waals surface area contributed by atoms with Gasteiger partial charge in [-0.05, 0) is 12.1 Å². The van der Waals surface area contributed by atoms with E-state index in [1.807, 2.05) is 4.72 Å². The van der Waals surface area contributed by atoms with E-state index in [0.717, 1.165) is 0 Å². The average molecular weight is 487 g/mol. The zero-order valence-electron chi connectivity index (χ0n) is 12.7. The Labute approximate surface area is 166 Å². The Bertz CT molecular complexity index is 897. The predicted molar refractivity (Wildman–Crippen MR) is 95.4 cm³/mol. The maximum Gasteiger partial charge on any atom is 0.321 e. The molecule has 1 aromatic carbocycles. The van der Waals surface area contributed by atoms with Crippen LogP contribution in [0, 0.1) is 0 Å². The van der Waals surface area contributed by atoms with Crippen LogP contribution in [0.3, 0.4) is 0 Å². The molecule has 0 aliphatic heterocycles. The molecule has 0 saturated heterocycles. The maximum absolute atomic E-state index is 12.2. The zero-order valence-corrected chi connectivity index (χ0v) is 16.6. The van der Waals surface area contributed by atoms with Crippen molar-refractivity contribution in [1.82, 2.24) is 9.88 Å². The molecular formula is C13H10BrCl2N3O6S. The van der Waals surface area contributed by atoms with Gasteiger partial charge in [-0.3, -0.25) is 9.59 Å². The number of carbonyl (C=O) groups excluding carboxylic acids is 2. The first-order valence-electron chi connectivity index (χ1n) is 6.69. The zero-order chi connectivity index (χ0) is 19.3. The van der Waals surface area contributed by atoms with Crippen LogP contribution < -0.4 is 10.0 Å². The van der Waals surface area contributed by atoms with Gasteiger partial charge < -0.3 is 14.6 Å². The van der Waals surface area contributed by atoms with E-state index in [4.69, 9.17) is 23.2 Å². The smallest absolute Gasteiger partial charge is 0.321 e. The Morgan fingerprint density at radius 3 is 2.50 bits per heavy atom. The summed E-state index contributed by atoms with van der Waals surface area (Å²) in [6.07, 6.45) is 1.24. The van der Waals surface area contributed by atoms with Gasteiger partial charge in [-0.15, -0.1) is 0 Å². The molecule has 9 nitrogen and oxygen atoms in total. The lowest BCUT2D eigenvalue weighted by Crippen LogP contribution is -2.32. The standard InChI is InChI=1S/C13H10BrCl2N3O6S/c14-7-3-8(15)13(9(16)4-7)26(22,23)17-5-12(21)24-6-11(20)18-10-1-2-25-19-10/h1-4,17H,5-6H2,(H,18,19,20). The van der Waals surface area contributed by atoms with Crippen molar-refractivity contribution in [3.63, 3.8) is 0 Å². The van der Waals surface area contributed by atoms with Crippen LogP contribution >= 0.6 is 39.1 Å². The van der Waals surface area contributed by atoms with E-state index in [-0.39, 0.29) is 20.8 Å². The number of nitrogens with one attached hydrogen (secondary N) is 2. The number of halogens is 3. The monoisotopic (exact) mass is 485 g/mol. The summed E-state index contributed by atoms with van der Waals surface area (Å²) in [5, 5.41) is 5.48. The van der Waals surface area contributed by atoms with Crippen LogP contribution in [0.4, 0.5) is 5.82 Å². The number of esters is 1. The van der Waals surface area contributed by atoms with Crippen molar-refractivity contribution >= 4 is 66.8 Å². The number of amides is 1. The number of ether oxygens (including phenoxy) is 1. The number of benzene rings is 1. The van der Waals surface area contributed by atoms with Crippen LogP contribution in [-0.4, -0.2) is 38.6 Å². The van der Waals surface area contributed by atoms with Crippen molar-refractivity contribution in [2.45, 2.75) is 4.90 Å². The van der Waals surface area contributed by atoms with Crippen LogP contribution in [-0.2, 0) is 24.3 Å². The third kappa shape index (κ3) is 5.68. The largest absolute Gasteiger partial charge is 0.455 e. The number of hydrogen-bond donors (Lipinski definition) is 2. The second-order valence-corrected chi connectivity index (χ2v) is 8.05. The predicted octanol–water partition coefficient (Wildman–Crippen LogP) is 2.20. The molecule has 140 valence electrons. The van der Waals surface area contributed by atoms with Crippen molar-refractivity contribution in [1.29, 1.82) is 0 Å². The molecule has 26 heavy (non-hydrogen) atoms. The van der Waals surface area contributed by atoms with E-state index in [0.29, 0.717) is 4.47 Å². The normalized spacial score (nSPS) is 11.2. The summed E-state index contributed by atoms with van der Waals surface area (Å²) in [5.41, 5.74) is 0. The molecule has 0 unspecified atom stereocenters. The van der Waals surface area contributed by atoms with E-state index in [2.05, 4.69) is 35.7 Å². The molecule has 0 saturated carbocycles. The van der Waals surface area contributed by atoms with Crippen LogP contribution in [0.5, 0.6) is 0 Å². The highest BCUT2D eigenvalue weighted by molar-refractivity contribution is 9.10. The summed E-state index contributed by atoms with van der Waals surface area (Å²) < 4.78 is 36.1. The van der Waals surface area contributed by atoms with E-state index in [9.17, 15) is 18.0 Å². The van der Waals surface area contributed by atoms with Gasteiger partial charge in [-0.1, -0.05) is 44.3 Å². The second-order valence-electron chi connectivity index (χ2n) is 4.62. The highest BCUT2D eigenvalue weighted by Gasteiger charge is 2.23. The summed E-state index contributed by atoms with van der Waals surface area (Å²) in [5.74, 6) is -1.51. The number of nitrogens with zero attached hydrogens (tertiary/aromatic N) is 1. The van der Waals surface area contributed by atoms with Crippen LogP contribution in [0.2, 0.25) is 10.0 Å². The lowest BCUT2D eigenvalue weighted by molar-refractivity contribution is -0.146. The van der Waals surface area contributed by atoms with Crippen molar-refractivity contribution in [2.75, 3.05) is 18.5 Å². The molecule has 0 radical (unpaired) electrons. The fourth-order valence-corrected chi connectivity index (χ4v) is 4.57. The van der Waals surface area contributed by atoms with Gasteiger partial charge in [0.2, 0.25) is 10.0 Å². The molecule has 2 aromatic rings. The summed E-state index contributed by atoms with van der Waals surface area (Å²) in [6, 6.07) is 4.07. The van der Waals surface area contributed by atoms with Gasteiger partial charge in [-0.2, -0.15) is 4.72 Å². The lowest BCUT2D eigenvalue weighted by atomic mass is 10.4. The molecular weight excluding hydrogens is 477 g/mol. The molecule has 2 rings (SSSR count). The first-order valence-corrected chi connectivity index (χ1v) is 9.72. The van der Waals surface area contributed by atoms with Gasteiger partial charge in [0.05, 0.1) is 10.0 Å². The minimum atomic E-state index is -4.17. The molecule has 1 heterocycles. The number of hydrogen-bond acceptors (Lipinski definition) is 7. The van der Waals surface area contributed by atoms with Crippen LogP contribution in [0.1, 0.15) is 0 Å². The molecule has 0 aliphatic rings. The Morgan fingerprint density at radius 1 is 1.27 bits per heavy atom. The van der Waals surface area contributed by atoms with Crippen molar-refractivity contribution < 1.29 is 27.3 Å². The molecule has 0 spiro atoms. The summed E-state index contributed by atoms with van der Waals surface area (Å²) in [6.45, 7) is -1.35. The average Bonchev–Trinajstić information content (AvgIpc) is 3.02. The fraction of sp³-hybridized carbons (Fsp3) is 0.154. The van der Waals surface area contributed by atoms with E-state index < -0.39 is 35.1 Å². The van der Waals surface area contributed by atoms with Gasteiger partial charge in [0.1, 0.15) is 17.7 Å². The summed E-state index contributed by atoms with van der Waals surface area (Å²) in [7, 11) is -4.17. The molecule has 2 N–H and O–H groups in total. The van der Waals surface area contributed by atoms with Crippen molar-refractivity contribution in [3.8, 4) is 0 Å². The van der Waals surface area contributed by atoms with Crippen molar-refractivity contribution in [3.05, 3.63) is 39.0 Å². The van der Waals surface area contributed by atoms with Crippen LogP contribution in [0.15, 0.2) is 38.4 Å². The molecule has 13 heteroatoms. The van der Waals surface area contributed by atoms with Gasteiger partial charge in [0, 0.05) is 10.5 Å². The highest BCUT2D eigenvalue weighted by atomic mass is 79.9. The number of anilines is 1. The molecule has 0 atom stereocenters. The molecule has 0 aliphatic carbocycles.